The molecule has 0 bridgehead atoms. The van der Waals surface area contributed by atoms with E-state index in [1.54, 1.807) is 12.3 Å². The van der Waals surface area contributed by atoms with Crippen molar-refractivity contribution in [2.75, 3.05) is 5.32 Å². The molecule has 1 aliphatic rings. The Kier molecular flexibility index (Phi) is 3.52. The summed E-state index contributed by atoms with van der Waals surface area (Å²) in [6, 6.07) is 10.1. The molecule has 1 saturated carbocycles. The summed E-state index contributed by atoms with van der Waals surface area (Å²) in [7, 11) is 0. The van der Waals surface area contributed by atoms with Crippen molar-refractivity contribution >= 4 is 17.9 Å². The molecular formula is C17H16N2O2. The van der Waals surface area contributed by atoms with Crippen LogP contribution < -0.4 is 5.32 Å². The van der Waals surface area contributed by atoms with Gasteiger partial charge in [-0.05, 0) is 36.0 Å². The van der Waals surface area contributed by atoms with E-state index >= 15 is 0 Å². The van der Waals surface area contributed by atoms with Crippen molar-refractivity contribution in [3.63, 3.8) is 0 Å². The number of hydrogen-bond donors (Lipinski definition) is 1. The maximum Gasteiger partial charge on any atom is 0.221 e. The van der Waals surface area contributed by atoms with Crippen molar-refractivity contribution in [1.29, 1.82) is 0 Å². The first kappa shape index (κ1) is 13.5. The van der Waals surface area contributed by atoms with Crippen LogP contribution in [-0.2, 0) is 4.79 Å². The van der Waals surface area contributed by atoms with Crippen molar-refractivity contribution in [1.82, 2.24) is 4.98 Å². The van der Waals surface area contributed by atoms with Gasteiger partial charge in [-0.15, -0.1) is 0 Å². The average molecular weight is 280 g/mol. The van der Waals surface area contributed by atoms with E-state index in [9.17, 15) is 9.59 Å². The number of rotatable bonds is 4. The summed E-state index contributed by atoms with van der Waals surface area (Å²) in [4.78, 5) is 26.4. The Balaban J connectivity index is 1.99. The lowest BCUT2D eigenvalue weighted by atomic mass is 10.0. The molecule has 1 heterocycles. The van der Waals surface area contributed by atoms with Gasteiger partial charge < -0.3 is 5.32 Å². The highest BCUT2D eigenvalue weighted by Crippen LogP contribution is 2.41. The lowest BCUT2D eigenvalue weighted by Gasteiger charge is -2.09. The Bertz CT molecular complexity index is 706. The third-order valence-corrected chi connectivity index (χ3v) is 3.61. The number of nitrogens with one attached hydrogen (secondary N) is 1. The van der Waals surface area contributed by atoms with E-state index in [0.29, 0.717) is 17.9 Å². The molecule has 0 atom stereocenters. The molecule has 2 aromatic rings. The number of aromatic nitrogens is 1. The highest BCUT2D eigenvalue weighted by atomic mass is 16.1. The van der Waals surface area contributed by atoms with Crippen LogP contribution in [0.15, 0.2) is 36.5 Å². The Morgan fingerprint density at radius 2 is 2.10 bits per heavy atom. The highest BCUT2D eigenvalue weighted by Gasteiger charge is 2.23. The minimum absolute atomic E-state index is 0.219. The molecule has 0 saturated heterocycles. The summed E-state index contributed by atoms with van der Waals surface area (Å²) in [6.45, 7) is 1.41. The molecule has 1 aromatic carbocycles. The van der Waals surface area contributed by atoms with E-state index in [0.717, 1.165) is 11.1 Å². The molecule has 1 fully saturated rings. The van der Waals surface area contributed by atoms with Gasteiger partial charge in [0, 0.05) is 18.7 Å². The van der Waals surface area contributed by atoms with Crippen LogP contribution in [0.1, 0.15) is 41.7 Å². The average Bonchev–Trinajstić information content (AvgIpc) is 3.31. The summed E-state index contributed by atoms with van der Waals surface area (Å²) in [6.07, 6.45) is 4.82. The Hall–Kier alpha value is -2.49. The van der Waals surface area contributed by atoms with Crippen LogP contribution >= 0.6 is 0 Å². The van der Waals surface area contributed by atoms with Crippen molar-refractivity contribution in [2.45, 2.75) is 25.7 Å². The Morgan fingerprint density at radius 1 is 1.29 bits per heavy atom. The van der Waals surface area contributed by atoms with Crippen LogP contribution in [0.4, 0.5) is 5.69 Å². The van der Waals surface area contributed by atoms with E-state index in [1.807, 2.05) is 12.1 Å². The fraction of sp³-hybridized carbons (Fsp3) is 0.235. The van der Waals surface area contributed by atoms with Gasteiger partial charge in [-0.2, -0.15) is 0 Å². The summed E-state index contributed by atoms with van der Waals surface area (Å²) < 4.78 is 0. The predicted octanol–water partition coefficient (Wildman–Crippen LogP) is 3.40. The molecular weight excluding hydrogens is 264 g/mol. The van der Waals surface area contributed by atoms with E-state index in [1.165, 1.54) is 25.3 Å². The number of hydrogen-bond acceptors (Lipinski definition) is 3. The van der Waals surface area contributed by atoms with Crippen LogP contribution in [0.25, 0.3) is 11.1 Å². The first-order valence-corrected chi connectivity index (χ1v) is 7.00. The zero-order valence-corrected chi connectivity index (χ0v) is 11.8. The number of benzene rings is 1. The smallest absolute Gasteiger partial charge is 0.221 e. The topological polar surface area (TPSA) is 59.1 Å². The Morgan fingerprint density at radius 3 is 2.76 bits per heavy atom. The molecule has 4 heteroatoms. The largest absolute Gasteiger partial charge is 0.324 e. The van der Waals surface area contributed by atoms with Crippen molar-refractivity contribution in [2.24, 2.45) is 0 Å². The van der Waals surface area contributed by atoms with Crippen LogP contribution in [0, 0.1) is 0 Å². The van der Waals surface area contributed by atoms with Gasteiger partial charge in [0.25, 0.3) is 0 Å². The molecule has 0 unspecified atom stereocenters. The third kappa shape index (κ3) is 2.99. The van der Waals surface area contributed by atoms with Gasteiger partial charge >= 0.3 is 0 Å². The second-order valence-corrected chi connectivity index (χ2v) is 5.36. The quantitative estimate of drug-likeness (QED) is 0.873. The molecule has 0 radical (unpaired) electrons. The summed E-state index contributed by atoms with van der Waals surface area (Å²) in [5, 5.41) is 2.65. The Labute approximate surface area is 123 Å². The van der Waals surface area contributed by atoms with Crippen molar-refractivity contribution in [3.8, 4) is 11.1 Å². The normalized spacial score (nSPS) is 13.8. The van der Waals surface area contributed by atoms with Crippen molar-refractivity contribution < 1.29 is 9.59 Å². The van der Waals surface area contributed by atoms with Gasteiger partial charge in [-0.1, -0.05) is 24.3 Å². The number of carbonyl (C=O) groups excluding carboxylic acids is 2. The molecule has 3 rings (SSSR count). The van der Waals surface area contributed by atoms with Crippen molar-refractivity contribution in [3.05, 3.63) is 47.8 Å². The van der Waals surface area contributed by atoms with Gasteiger partial charge in [0.1, 0.15) is 5.69 Å². The van der Waals surface area contributed by atoms with Gasteiger partial charge in [0.2, 0.25) is 5.91 Å². The van der Waals surface area contributed by atoms with Gasteiger partial charge in [0.05, 0.1) is 5.69 Å². The third-order valence-electron chi connectivity index (χ3n) is 3.61. The fourth-order valence-corrected chi connectivity index (χ4v) is 2.41. The maximum absolute atomic E-state index is 11.2. The molecule has 1 N–H and O–H groups in total. The monoisotopic (exact) mass is 280 g/mol. The zero-order valence-electron chi connectivity index (χ0n) is 11.8. The summed E-state index contributed by atoms with van der Waals surface area (Å²) in [5.41, 5.74) is 3.98. The van der Waals surface area contributed by atoms with E-state index in [2.05, 4.69) is 22.4 Å². The van der Waals surface area contributed by atoms with Gasteiger partial charge in [0.15, 0.2) is 6.29 Å². The molecule has 0 spiro atoms. The fourth-order valence-electron chi connectivity index (χ4n) is 2.41. The number of pyridine rings is 1. The van der Waals surface area contributed by atoms with Gasteiger partial charge in [-0.25, -0.2) is 0 Å². The lowest BCUT2D eigenvalue weighted by molar-refractivity contribution is -0.114. The minimum atomic E-state index is -0.219. The SMILES string of the molecule is CC(=O)Nc1cc(-c2cccc(C3CC3)c2)cnc1C=O. The molecule has 4 nitrogen and oxygen atoms in total. The molecule has 0 aliphatic heterocycles. The van der Waals surface area contributed by atoms with E-state index in [4.69, 9.17) is 0 Å². The van der Waals surface area contributed by atoms with Crippen LogP contribution in [-0.4, -0.2) is 17.2 Å². The van der Waals surface area contributed by atoms with Crippen LogP contribution in [0.3, 0.4) is 0 Å². The number of aldehydes is 1. The van der Waals surface area contributed by atoms with E-state index in [-0.39, 0.29) is 11.6 Å². The first-order chi connectivity index (χ1) is 10.2. The van der Waals surface area contributed by atoms with E-state index < -0.39 is 0 Å². The molecule has 106 valence electrons. The first-order valence-electron chi connectivity index (χ1n) is 7.00. The molecule has 1 amide bonds. The highest BCUT2D eigenvalue weighted by molar-refractivity contribution is 5.95. The molecule has 21 heavy (non-hydrogen) atoms. The number of anilines is 1. The number of amides is 1. The molecule has 1 aliphatic carbocycles. The van der Waals surface area contributed by atoms with Crippen LogP contribution in [0.2, 0.25) is 0 Å². The lowest BCUT2D eigenvalue weighted by Crippen LogP contribution is -2.09. The zero-order chi connectivity index (χ0) is 14.8. The minimum Gasteiger partial charge on any atom is -0.324 e. The maximum atomic E-state index is 11.2. The van der Waals surface area contributed by atoms with Crippen LogP contribution in [0.5, 0.6) is 0 Å². The molecule has 1 aromatic heterocycles. The second-order valence-electron chi connectivity index (χ2n) is 5.36. The summed E-state index contributed by atoms with van der Waals surface area (Å²) >= 11 is 0. The summed E-state index contributed by atoms with van der Waals surface area (Å²) in [5.74, 6) is 0.464. The number of nitrogens with zero attached hydrogens (tertiary/aromatic N) is 1. The predicted molar refractivity (Wildman–Crippen MR) is 81.3 cm³/mol. The number of carbonyl (C=O) groups is 2. The van der Waals surface area contributed by atoms with Gasteiger partial charge in [-0.3, -0.25) is 14.6 Å². The standard InChI is InChI=1S/C17H16N2O2/c1-11(21)19-16-8-15(9-18-17(16)10-20)14-4-2-3-13(7-14)12-5-6-12/h2-4,7-10,12H,5-6H2,1H3,(H,19,21). The second kappa shape index (κ2) is 5.48.